The third-order valence-corrected chi connectivity index (χ3v) is 3.20. The first-order chi connectivity index (χ1) is 5.73. The largest absolute Gasteiger partial charge is 0.387 e. The molecule has 3 fully saturated rings. The lowest BCUT2D eigenvalue weighted by Gasteiger charge is -2.27. The Balaban J connectivity index is 1.91. The highest BCUT2D eigenvalue weighted by atomic mass is 16.7. The van der Waals surface area contributed by atoms with Crippen LogP contribution in [0.4, 0.5) is 0 Å². The van der Waals surface area contributed by atoms with Crippen molar-refractivity contribution < 1.29 is 19.3 Å². The lowest BCUT2D eigenvalue weighted by molar-refractivity contribution is -0.135. The van der Waals surface area contributed by atoms with Crippen LogP contribution < -0.4 is 0 Å². The SMILES string of the molecule is COC[C@@]12COC3(C[C@@H]3O1)C2O. The van der Waals surface area contributed by atoms with Crippen molar-refractivity contribution in [1.29, 1.82) is 0 Å². The average Bonchev–Trinajstić information content (AvgIpc) is 2.67. The smallest absolute Gasteiger partial charge is 0.144 e. The Morgan fingerprint density at radius 1 is 1.67 bits per heavy atom. The molecule has 1 aliphatic carbocycles. The molecule has 4 atom stereocenters. The van der Waals surface area contributed by atoms with E-state index in [1.807, 2.05) is 0 Å². The van der Waals surface area contributed by atoms with Crippen molar-refractivity contribution in [2.24, 2.45) is 0 Å². The molecule has 0 radical (unpaired) electrons. The van der Waals surface area contributed by atoms with Crippen LogP contribution in [0, 0.1) is 0 Å². The fourth-order valence-corrected chi connectivity index (χ4v) is 2.45. The standard InChI is InChI=1S/C8H12O4/c1-10-3-7-4-11-8(6(7)9)2-5(8)12-7/h5-6,9H,2-4H2,1H3/t5-,6?,7-,8?/m0/s1. The Hall–Kier alpha value is -0.160. The number of methoxy groups -OCH3 is 1. The van der Waals surface area contributed by atoms with E-state index in [9.17, 15) is 5.11 Å². The highest BCUT2D eigenvalue weighted by molar-refractivity contribution is 5.27. The Bertz CT molecular complexity index is 227. The van der Waals surface area contributed by atoms with E-state index in [0.717, 1.165) is 6.42 Å². The van der Waals surface area contributed by atoms with Gasteiger partial charge in [0.2, 0.25) is 0 Å². The Labute approximate surface area is 70.4 Å². The van der Waals surface area contributed by atoms with Crippen LogP contribution in [0.1, 0.15) is 6.42 Å². The molecule has 2 saturated heterocycles. The summed E-state index contributed by atoms with van der Waals surface area (Å²) in [4.78, 5) is 0. The summed E-state index contributed by atoms with van der Waals surface area (Å²) in [5.41, 5.74) is -0.907. The van der Waals surface area contributed by atoms with Crippen LogP contribution in [-0.4, -0.2) is 48.8 Å². The van der Waals surface area contributed by atoms with Crippen LogP contribution in [0.3, 0.4) is 0 Å². The average molecular weight is 172 g/mol. The van der Waals surface area contributed by atoms with E-state index in [1.165, 1.54) is 0 Å². The highest BCUT2D eigenvalue weighted by Gasteiger charge is 2.79. The second-order valence-corrected chi connectivity index (χ2v) is 3.95. The van der Waals surface area contributed by atoms with Gasteiger partial charge in [-0.1, -0.05) is 0 Å². The zero-order chi connectivity index (χ0) is 8.40. The Kier molecular flexibility index (Phi) is 1.12. The minimum atomic E-state index is -0.558. The molecule has 3 aliphatic rings. The van der Waals surface area contributed by atoms with Gasteiger partial charge in [0, 0.05) is 13.5 Å². The summed E-state index contributed by atoms with van der Waals surface area (Å²) in [6, 6.07) is 0. The maximum Gasteiger partial charge on any atom is 0.144 e. The molecule has 0 aromatic heterocycles. The molecule has 3 rings (SSSR count). The van der Waals surface area contributed by atoms with E-state index < -0.39 is 11.7 Å². The first kappa shape index (κ1) is 7.26. The van der Waals surface area contributed by atoms with Gasteiger partial charge in [0.05, 0.1) is 19.3 Å². The number of ether oxygens (including phenoxy) is 3. The molecule has 1 saturated carbocycles. The van der Waals surface area contributed by atoms with Gasteiger partial charge in [-0.15, -0.1) is 0 Å². The zero-order valence-electron chi connectivity index (χ0n) is 6.95. The van der Waals surface area contributed by atoms with Crippen molar-refractivity contribution in [2.45, 2.75) is 29.8 Å². The predicted octanol–water partition coefficient (Wildman–Crippen LogP) is -0.696. The molecule has 4 heteroatoms. The first-order valence-corrected chi connectivity index (χ1v) is 4.22. The number of aliphatic hydroxyl groups is 1. The van der Waals surface area contributed by atoms with Gasteiger partial charge in [-0.3, -0.25) is 0 Å². The van der Waals surface area contributed by atoms with Crippen molar-refractivity contribution in [2.75, 3.05) is 20.3 Å². The van der Waals surface area contributed by atoms with E-state index >= 15 is 0 Å². The van der Waals surface area contributed by atoms with Crippen molar-refractivity contribution >= 4 is 0 Å². The molecule has 1 spiro atoms. The molecule has 2 bridgehead atoms. The highest BCUT2D eigenvalue weighted by Crippen LogP contribution is 2.61. The summed E-state index contributed by atoms with van der Waals surface area (Å²) in [6.45, 7) is 0.894. The fourth-order valence-electron chi connectivity index (χ4n) is 2.45. The summed E-state index contributed by atoms with van der Waals surface area (Å²) < 4.78 is 16.2. The number of hydrogen-bond donors (Lipinski definition) is 1. The first-order valence-electron chi connectivity index (χ1n) is 4.22. The lowest BCUT2D eigenvalue weighted by atomic mass is 9.98. The third kappa shape index (κ3) is 0.567. The number of rotatable bonds is 2. The summed E-state index contributed by atoms with van der Waals surface area (Å²) >= 11 is 0. The second-order valence-electron chi connectivity index (χ2n) is 3.95. The van der Waals surface area contributed by atoms with Crippen LogP contribution in [0.5, 0.6) is 0 Å². The van der Waals surface area contributed by atoms with Crippen LogP contribution >= 0.6 is 0 Å². The molecular weight excluding hydrogens is 160 g/mol. The van der Waals surface area contributed by atoms with Gasteiger partial charge in [-0.25, -0.2) is 0 Å². The normalized spacial score (nSPS) is 60.5. The van der Waals surface area contributed by atoms with Gasteiger partial charge in [0.1, 0.15) is 17.3 Å². The molecule has 2 aliphatic heterocycles. The van der Waals surface area contributed by atoms with E-state index in [1.54, 1.807) is 7.11 Å². The van der Waals surface area contributed by atoms with Gasteiger partial charge < -0.3 is 19.3 Å². The van der Waals surface area contributed by atoms with Crippen molar-refractivity contribution in [1.82, 2.24) is 0 Å². The Morgan fingerprint density at radius 2 is 2.50 bits per heavy atom. The monoisotopic (exact) mass is 172 g/mol. The van der Waals surface area contributed by atoms with E-state index in [4.69, 9.17) is 14.2 Å². The van der Waals surface area contributed by atoms with Crippen LogP contribution in [0.2, 0.25) is 0 Å². The van der Waals surface area contributed by atoms with Crippen molar-refractivity contribution in [3.05, 3.63) is 0 Å². The van der Waals surface area contributed by atoms with Crippen LogP contribution in [-0.2, 0) is 14.2 Å². The molecule has 1 N–H and O–H groups in total. The van der Waals surface area contributed by atoms with Gasteiger partial charge >= 0.3 is 0 Å². The fraction of sp³-hybridized carbons (Fsp3) is 1.00. The maximum atomic E-state index is 9.88. The summed E-state index contributed by atoms with van der Waals surface area (Å²) in [7, 11) is 1.61. The number of hydrogen-bond acceptors (Lipinski definition) is 4. The van der Waals surface area contributed by atoms with E-state index in [0.29, 0.717) is 13.2 Å². The molecular formula is C8H12O4. The van der Waals surface area contributed by atoms with Gasteiger partial charge in [0.15, 0.2) is 0 Å². The zero-order valence-corrected chi connectivity index (χ0v) is 6.95. The minimum Gasteiger partial charge on any atom is -0.387 e. The molecule has 68 valence electrons. The molecule has 2 heterocycles. The molecule has 0 aromatic carbocycles. The maximum absolute atomic E-state index is 9.88. The Morgan fingerprint density at radius 3 is 3.00 bits per heavy atom. The van der Waals surface area contributed by atoms with Gasteiger partial charge in [-0.05, 0) is 0 Å². The summed E-state index contributed by atoms with van der Waals surface area (Å²) in [6.07, 6.45) is 0.478. The molecule has 4 nitrogen and oxygen atoms in total. The quantitative estimate of drug-likeness (QED) is 0.598. The topological polar surface area (TPSA) is 47.9 Å². The van der Waals surface area contributed by atoms with Crippen LogP contribution in [0.25, 0.3) is 0 Å². The van der Waals surface area contributed by atoms with Gasteiger partial charge in [0.25, 0.3) is 0 Å². The van der Waals surface area contributed by atoms with E-state index in [2.05, 4.69) is 0 Å². The summed E-state index contributed by atoms with van der Waals surface area (Å²) in [5, 5.41) is 9.88. The minimum absolute atomic E-state index is 0.122. The van der Waals surface area contributed by atoms with Crippen LogP contribution in [0.15, 0.2) is 0 Å². The van der Waals surface area contributed by atoms with Crippen molar-refractivity contribution in [3.8, 4) is 0 Å². The molecule has 2 unspecified atom stereocenters. The lowest BCUT2D eigenvalue weighted by Crippen LogP contribution is -2.46. The predicted molar refractivity (Wildman–Crippen MR) is 38.8 cm³/mol. The third-order valence-electron chi connectivity index (χ3n) is 3.20. The van der Waals surface area contributed by atoms with Crippen molar-refractivity contribution in [3.63, 3.8) is 0 Å². The number of aliphatic hydroxyl groups excluding tert-OH is 1. The molecule has 12 heavy (non-hydrogen) atoms. The second kappa shape index (κ2) is 1.85. The molecule has 0 amide bonds. The number of fused-ring (bicyclic) bond motifs is 1. The van der Waals surface area contributed by atoms with E-state index in [-0.39, 0.29) is 11.7 Å². The summed E-state index contributed by atoms with van der Waals surface area (Å²) in [5.74, 6) is 0. The van der Waals surface area contributed by atoms with Gasteiger partial charge in [-0.2, -0.15) is 0 Å². The molecule has 0 aromatic rings.